The van der Waals surface area contributed by atoms with Crippen molar-refractivity contribution in [2.24, 2.45) is 0 Å². The van der Waals surface area contributed by atoms with Crippen molar-refractivity contribution in [3.63, 3.8) is 0 Å². The predicted molar refractivity (Wildman–Crippen MR) is 76.3 cm³/mol. The van der Waals surface area contributed by atoms with Gasteiger partial charge in [-0.1, -0.05) is 17.3 Å². The number of hydrogen-bond donors (Lipinski definition) is 1. The van der Waals surface area contributed by atoms with Crippen LogP contribution in [0.2, 0.25) is 0 Å². The van der Waals surface area contributed by atoms with Crippen LogP contribution in [0.4, 0.5) is 5.88 Å². The van der Waals surface area contributed by atoms with Gasteiger partial charge in [-0.2, -0.15) is 0 Å². The molecule has 22 heavy (non-hydrogen) atoms. The molecule has 1 unspecified atom stereocenters. The summed E-state index contributed by atoms with van der Waals surface area (Å²) in [6.07, 6.45) is 0. The summed E-state index contributed by atoms with van der Waals surface area (Å²) in [6, 6.07) is 7.08. The summed E-state index contributed by atoms with van der Waals surface area (Å²) in [5, 5.41) is 6.14. The van der Waals surface area contributed by atoms with Crippen LogP contribution in [0.3, 0.4) is 0 Å². The van der Waals surface area contributed by atoms with Crippen molar-refractivity contribution < 1.29 is 18.9 Å². The van der Waals surface area contributed by atoms with Crippen LogP contribution in [0.25, 0.3) is 0 Å². The third kappa shape index (κ3) is 2.16. The summed E-state index contributed by atoms with van der Waals surface area (Å²) in [5.74, 6) is -1.30. The maximum absolute atomic E-state index is 12.3. The molecule has 1 aliphatic heterocycles. The Balaban J connectivity index is 1.81. The number of carbonyl (C=O) groups is 3. The molecule has 2 heterocycles. The van der Waals surface area contributed by atoms with Crippen LogP contribution in [0.15, 0.2) is 34.9 Å². The number of nitrogens with zero attached hydrogens (tertiary/aromatic N) is 2. The van der Waals surface area contributed by atoms with Gasteiger partial charge in [-0.05, 0) is 26.0 Å². The largest absolute Gasteiger partial charge is 0.338 e. The van der Waals surface area contributed by atoms with Gasteiger partial charge in [0.1, 0.15) is 6.04 Å². The first-order valence-electron chi connectivity index (χ1n) is 6.70. The fraction of sp³-hybridized carbons (Fsp3) is 0.200. The summed E-state index contributed by atoms with van der Waals surface area (Å²) >= 11 is 0. The zero-order valence-electron chi connectivity index (χ0n) is 12.0. The van der Waals surface area contributed by atoms with E-state index in [0.29, 0.717) is 16.8 Å². The van der Waals surface area contributed by atoms with Gasteiger partial charge in [0.05, 0.1) is 16.8 Å². The lowest BCUT2D eigenvalue weighted by molar-refractivity contribution is -0.119. The number of carbonyl (C=O) groups excluding carboxylic acids is 3. The van der Waals surface area contributed by atoms with Gasteiger partial charge in [-0.3, -0.25) is 24.6 Å². The van der Waals surface area contributed by atoms with Crippen LogP contribution in [0.1, 0.15) is 33.3 Å². The Labute approximate surface area is 125 Å². The van der Waals surface area contributed by atoms with E-state index in [1.54, 1.807) is 37.3 Å². The molecule has 1 aromatic heterocycles. The summed E-state index contributed by atoms with van der Waals surface area (Å²) < 4.78 is 4.89. The predicted octanol–water partition coefficient (Wildman–Crippen LogP) is 1.61. The number of fused-ring (bicyclic) bond motifs is 1. The summed E-state index contributed by atoms with van der Waals surface area (Å²) in [7, 11) is 0. The van der Waals surface area contributed by atoms with Crippen LogP contribution in [0, 0.1) is 6.92 Å². The Morgan fingerprint density at radius 3 is 2.32 bits per heavy atom. The molecule has 2 aromatic rings. The van der Waals surface area contributed by atoms with E-state index in [9.17, 15) is 14.4 Å². The highest BCUT2D eigenvalue weighted by Gasteiger charge is 2.40. The van der Waals surface area contributed by atoms with E-state index in [4.69, 9.17) is 4.52 Å². The molecule has 0 fully saturated rings. The molecule has 1 aliphatic rings. The summed E-state index contributed by atoms with van der Waals surface area (Å²) in [5.41, 5.74) is 1.23. The second-order valence-electron chi connectivity index (χ2n) is 5.02. The fourth-order valence-corrected chi connectivity index (χ4v) is 2.33. The SMILES string of the molecule is Cc1cc(NC(=O)C(C)N2C(=O)c3ccccc3C2=O)on1. The lowest BCUT2D eigenvalue weighted by Gasteiger charge is -2.20. The van der Waals surface area contributed by atoms with Crippen molar-refractivity contribution in [3.8, 4) is 0 Å². The molecule has 0 radical (unpaired) electrons. The minimum absolute atomic E-state index is 0.172. The molecule has 0 aliphatic carbocycles. The van der Waals surface area contributed by atoms with Gasteiger partial charge in [-0.15, -0.1) is 0 Å². The molecule has 7 heteroatoms. The lowest BCUT2D eigenvalue weighted by Crippen LogP contribution is -2.45. The zero-order chi connectivity index (χ0) is 15.9. The molecule has 1 N–H and O–H groups in total. The molecule has 1 aromatic carbocycles. The van der Waals surface area contributed by atoms with Crippen molar-refractivity contribution in [1.29, 1.82) is 0 Å². The standard InChI is InChI=1S/C15H13N3O4/c1-8-7-12(22-17-8)16-13(19)9(2)18-14(20)10-5-3-4-6-11(10)15(18)21/h3-7,9H,1-2H3,(H,16,19). The van der Waals surface area contributed by atoms with E-state index in [1.165, 1.54) is 6.92 Å². The smallest absolute Gasteiger partial charge is 0.262 e. The van der Waals surface area contributed by atoms with Crippen LogP contribution in [0.5, 0.6) is 0 Å². The lowest BCUT2D eigenvalue weighted by atomic mass is 10.1. The Bertz CT molecular complexity index is 746. The average Bonchev–Trinajstić information content (AvgIpc) is 3.01. The first kappa shape index (κ1) is 14.0. The third-order valence-electron chi connectivity index (χ3n) is 3.47. The summed E-state index contributed by atoms with van der Waals surface area (Å²) in [6.45, 7) is 3.20. The first-order chi connectivity index (χ1) is 10.5. The van der Waals surface area contributed by atoms with Gasteiger partial charge in [0, 0.05) is 6.07 Å². The molecule has 112 valence electrons. The van der Waals surface area contributed by atoms with Gasteiger partial charge in [0.25, 0.3) is 11.8 Å². The highest BCUT2D eigenvalue weighted by Crippen LogP contribution is 2.24. The molecule has 0 spiro atoms. The third-order valence-corrected chi connectivity index (χ3v) is 3.47. The number of imide groups is 1. The molecular weight excluding hydrogens is 286 g/mol. The van der Waals surface area contributed by atoms with Crippen molar-refractivity contribution in [2.45, 2.75) is 19.9 Å². The highest BCUT2D eigenvalue weighted by molar-refractivity contribution is 6.23. The van der Waals surface area contributed by atoms with Gasteiger partial charge in [0.2, 0.25) is 11.8 Å². The maximum atomic E-state index is 12.3. The quantitative estimate of drug-likeness (QED) is 0.869. The van der Waals surface area contributed by atoms with E-state index >= 15 is 0 Å². The first-order valence-corrected chi connectivity index (χ1v) is 6.70. The van der Waals surface area contributed by atoms with Gasteiger partial charge in [0.15, 0.2) is 0 Å². The van der Waals surface area contributed by atoms with Gasteiger partial charge < -0.3 is 4.52 Å². The van der Waals surface area contributed by atoms with Crippen LogP contribution in [-0.2, 0) is 4.79 Å². The zero-order valence-corrected chi connectivity index (χ0v) is 12.0. The molecule has 3 amide bonds. The summed E-state index contributed by atoms with van der Waals surface area (Å²) in [4.78, 5) is 37.8. The maximum Gasteiger partial charge on any atom is 0.262 e. The number of aryl methyl sites for hydroxylation is 1. The number of anilines is 1. The fourth-order valence-electron chi connectivity index (χ4n) is 2.33. The number of rotatable bonds is 3. The number of amides is 3. The van der Waals surface area contributed by atoms with E-state index in [0.717, 1.165) is 4.90 Å². The Hall–Kier alpha value is -2.96. The number of nitrogens with one attached hydrogen (secondary N) is 1. The number of aromatic nitrogens is 1. The molecule has 0 saturated carbocycles. The normalized spacial score (nSPS) is 14.9. The highest BCUT2D eigenvalue weighted by atomic mass is 16.5. The van der Waals surface area contributed by atoms with Gasteiger partial charge >= 0.3 is 0 Å². The minimum Gasteiger partial charge on any atom is -0.338 e. The van der Waals surface area contributed by atoms with Crippen LogP contribution >= 0.6 is 0 Å². The van der Waals surface area contributed by atoms with Crippen molar-refractivity contribution in [3.05, 3.63) is 47.2 Å². The van der Waals surface area contributed by atoms with Crippen molar-refractivity contribution in [1.82, 2.24) is 10.1 Å². The van der Waals surface area contributed by atoms with E-state index in [1.807, 2.05) is 0 Å². The Kier molecular flexibility index (Phi) is 3.25. The van der Waals surface area contributed by atoms with Gasteiger partial charge in [-0.25, -0.2) is 0 Å². The van der Waals surface area contributed by atoms with Crippen molar-refractivity contribution >= 4 is 23.6 Å². The monoisotopic (exact) mass is 299 g/mol. The number of benzene rings is 1. The Morgan fingerprint density at radius 2 is 1.82 bits per heavy atom. The second kappa shape index (κ2) is 5.10. The second-order valence-corrected chi connectivity index (χ2v) is 5.02. The van der Waals surface area contributed by atoms with E-state index in [-0.39, 0.29) is 5.88 Å². The Morgan fingerprint density at radius 1 is 1.23 bits per heavy atom. The average molecular weight is 299 g/mol. The molecule has 0 saturated heterocycles. The topological polar surface area (TPSA) is 92.5 Å². The molecule has 3 rings (SSSR count). The van der Waals surface area contributed by atoms with E-state index in [2.05, 4.69) is 10.5 Å². The molecule has 7 nitrogen and oxygen atoms in total. The van der Waals surface area contributed by atoms with Crippen LogP contribution in [-0.4, -0.2) is 33.8 Å². The van der Waals surface area contributed by atoms with Crippen LogP contribution < -0.4 is 5.32 Å². The van der Waals surface area contributed by atoms with E-state index < -0.39 is 23.8 Å². The van der Waals surface area contributed by atoms with Crippen molar-refractivity contribution in [2.75, 3.05) is 5.32 Å². The molecular formula is C15H13N3O4. The number of hydrogen-bond acceptors (Lipinski definition) is 5. The molecule has 1 atom stereocenters. The molecule has 0 bridgehead atoms. The minimum atomic E-state index is -0.960.